The van der Waals surface area contributed by atoms with Gasteiger partial charge in [0.1, 0.15) is 0 Å². The van der Waals surface area contributed by atoms with Crippen molar-refractivity contribution in [3.8, 4) is 0 Å². The third kappa shape index (κ3) is 2.57. The molecule has 2 atom stereocenters. The topological polar surface area (TPSA) is 20.3 Å². The highest BCUT2D eigenvalue weighted by atomic mass is 32.2. The van der Waals surface area contributed by atoms with E-state index in [1.807, 2.05) is 0 Å². The van der Waals surface area contributed by atoms with Crippen molar-refractivity contribution in [2.75, 3.05) is 6.54 Å². The Bertz CT molecular complexity index is 220. The molecule has 2 nitrogen and oxygen atoms in total. The van der Waals surface area contributed by atoms with E-state index in [1.54, 1.807) is 0 Å². The monoisotopic (exact) mass is 217 g/mol. The first-order chi connectivity index (χ1) is 6.34. The largest absolute Gasteiger partial charge is 0.242 e. The van der Waals surface area contributed by atoms with Gasteiger partial charge >= 0.3 is 0 Å². The van der Waals surface area contributed by atoms with Crippen LogP contribution in [0, 0.1) is 5.92 Å². The molecule has 3 heteroatoms. The predicted octanol–water partition coefficient (Wildman–Crippen LogP) is 2.57. The number of rotatable bonds is 2. The summed E-state index contributed by atoms with van der Waals surface area (Å²) in [6.07, 6.45) is 2.41. The Morgan fingerprint density at radius 1 is 1.36 bits per heavy atom. The maximum atomic E-state index is 12.2. The van der Waals surface area contributed by atoms with Gasteiger partial charge in [0.25, 0.3) is 0 Å². The zero-order chi connectivity index (χ0) is 10.9. The highest BCUT2D eigenvalue weighted by molar-refractivity contribution is 7.84. The summed E-state index contributed by atoms with van der Waals surface area (Å²) >= 11 is 0. The lowest BCUT2D eigenvalue weighted by Crippen LogP contribution is -2.42. The molecular weight excluding hydrogens is 194 g/mol. The van der Waals surface area contributed by atoms with Crippen molar-refractivity contribution in [1.29, 1.82) is 0 Å². The summed E-state index contributed by atoms with van der Waals surface area (Å²) in [6, 6.07) is 0.523. The minimum Gasteiger partial charge on any atom is -0.242 e. The fourth-order valence-corrected chi connectivity index (χ4v) is 3.58. The van der Waals surface area contributed by atoms with Crippen LogP contribution in [0.1, 0.15) is 47.5 Å². The van der Waals surface area contributed by atoms with E-state index < -0.39 is 11.0 Å². The van der Waals surface area contributed by atoms with Crippen LogP contribution in [-0.4, -0.2) is 25.8 Å². The van der Waals surface area contributed by atoms with Crippen molar-refractivity contribution in [2.24, 2.45) is 5.92 Å². The Labute approximate surface area is 90.7 Å². The van der Waals surface area contributed by atoms with E-state index in [1.165, 1.54) is 12.8 Å². The van der Waals surface area contributed by atoms with Gasteiger partial charge in [-0.3, -0.25) is 0 Å². The summed E-state index contributed by atoms with van der Waals surface area (Å²) in [6.45, 7) is 11.6. The van der Waals surface area contributed by atoms with Gasteiger partial charge in [0, 0.05) is 12.6 Å². The average Bonchev–Trinajstić information content (AvgIpc) is 2.48. The fourth-order valence-electron chi connectivity index (χ4n) is 1.99. The zero-order valence-electron chi connectivity index (χ0n) is 10.0. The summed E-state index contributed by atoms with van der Waals surface area (Å²) in [7, 11) is -0.830. The third-order valence-corrected chi connectivity index (χ3v) is 4.68. The Morgan fingerprint density at radius 3 is 2.36 bits per heavy atom. The second-order valence-electron chi connectivity index (χ2n) is 5.46. The number of hydrogen-bond donors (Lipinski definition) is 0. The second kappa shape index (κ2) is 4.31. The molecule has 0 saturated carbocycles. The second-order valence-corrected chi connectivity index (χ2v) is 7.65. The van der Waals surface area contributed by atoms with Crippen molar-refractivity contribution >= 4 is 11.0 Å². The molecule has 0 aromatic carbocycles. The summed E-state index contributed by atoms with van der Waals surface area (Å²) in [4.78, 5) is 0. The molecule has 0 aliphatic carbocycles. The van der Waals surface area contributed by atoms with Gasteiger partial charge in [-0.1, -0.05) is 13.8 Å². The smallest absolute Gasteiger partial charge is 0.1000 e. The molecule has 1 aliphatic rings. The molecule has 1 rings (SSSR count). The van der Waals surface area contributed by atoms with Crippen LogP contribution in [0.4, 0.5) is 0 Å². The maximum absolute atomic E-state index is 12.2. The van der Waals surface area contributed by atoms with Gasteiger partial charge in [0.05, 0.1) is 15.7 Å². The quantitative estimate of drug-likeness (QED) is 0.696. The molecule has 1 saturated heterocycles. The van der Waals surface area contributed by atoms with Gasteiger partial charge in [0.2, 0.25) is 0 Å². The SMILES string of the molecule is CC(C)[C@H]1CCCN1[S@](=O)C(C)(C)C. The standard InChI is InChI=1S/C11H23NOS/c1-9(2)10-7-6-8-12(10)14(13)11(3,4)5/h9-10H,6-8H2,1-5H3/t10-,14-/m1/s1. The lowest BCUT2D eigenvalue weighted by Gasteiger charge is -2.31. The van der Waals surface area contributed by atoms with Gasteiger partial charge < -0.3 is 0 Å². The summed E-state index contributed by atoms with van der Waals surface area (Å²) in [5.41, 5.74) is 0. The van der Waals surface area contributed by atoms with E-state index in [9.17, 15) is 4.21 Å². The molecule has 84 valence electrons. The average molecular weight is 217 g/mol. The molecule has 0 unspecified atom stereocenters. The first kappa shape index (κ1) is 12.2. The number of nitrogens with zero attached hydrogens (tertiary/aromatic N) is 1. The van der Waals surface area contributed by atoms with E-state index in [0.717, 1.165) is 6.54 Å². The molecule has 0 aromatic rings. The summed E-state index contributed by atoms with van der Waals surface area (Å²) in [5, 5.41) is 0. The van der Waals surface area contributed by atoms with Crippen LogP contribution in [0.5, 0.6) is 0 Å². The first-order valence-corrected chi connectivity index (χ1v) is 6.63. The lowest BCUT2D eigenvalue weighted by molar-refractivity contribution is 0.325. The van der Waals surface area contributed by atoms with Crippen LogP contribution in [0.15, 0.2) is 0 Å². The Kier molecular flexibility index (Phi) is 3.75. The molecule has 0 N–H and O–H groups in total. The van der Waals surface area contributed by atoms with Crippen LogP contribution in [0.3, 0.4) is 0 Å². The van der Waals surface area contributed by atoms with Crippen molar-refractivity contribution in [3.63, 3.8) is 0 Å². The Hall–Kier alpha value is 0.110. The minimum atomic E-state index is -0.830. The molecule has 0 amide bonds. The Morgan fingerprint density at radius 2 is 1.93 bits per heavy atom. The normalized spacial score (nSPS) is 27.1. The zero-order valence-corrected chi connectivity index (χ0v) is 10.9. The van der Waals surface area contributed by atoms with E-state index >= 15 is 0 Å². The van der Waals surface area contributed by atoms with E-state index in [0.29, 0.717) is 12.0 Å². The lowest BCUT2D eigenvalue weighted by atomic mass is 10.0. The molecule has 0 aromatic heterocycles. The van der Waals surface area contributed by atoms with Gasteiger partial charge in [-0.25, -0.2) is 8.51 Å². The van der Waals surface area contributed by atoms with Gasteiger partial charge in [-0.05, 0) is 39.5 Å². The molecule has 0 bridgehead atoms. The third-order valence-electron chi connectivity index (χ3n) is 2.75. The van der Waals surface area contributed by atoms with Crippen LogP contribution in [-0.2, 0) is 11.0 Å². The molecule has 1 aliphatic heterocycles. The van der Waals surface area contributed by atoms with Gasteiger partial charge in [-0.2, -0.15) is 0 Å². The van der Waals surface area contributed by atoms with Crippen LogP contribution >= 0.6 is 0 Å². The van der Waals surface area contributed by atoms with Gasteiger partial charge in [-0.15, -0.1) is 0 Å². The van der Waals surface area contributed by atoms with Crippen molar-refractivity contribution in [3.05, 3.63) is 0 Å². The van der Waals surface area contributed by atoms with Gasteiger partial charge in [0.15, 0.2) is 0 Å². The summed E-state index contributed by atoms with van der Waals surface area (Å²) in [5.74, 6) is 0.615. The fraction of sp³-hybridized carbons (Fsp3) is 1.00. The first-order valence-electron chi connectivity index (χ1n) is 5.52. The summed E-state index contributed by atoms with van der Waals surface area (Å²) < 4.78 is 14.3. The molecular formula is C11H23NOS. The van der Waals surface area contributed by atoms with Crippen molar-refractivity contribution in [1.82, 2.24) is 4.31 Å². The highest BCUT2D eigenvalue weighted by Crippen LogP contribution is 2.29. The van der Waals surface area contributed by atoms with Crippen LogP contribution < -0.4 is 0 Å². The minimum absolute atomic E-state index is 0.114. The van der Waals surface area contributed by atoms with Crippen LogP contribution in [0.25, 0.3) is 0 Å². The highest BCUT2D eigenvalue weighted by Gasteiger charge is 2.35. The molecule has 14 heavy (non-hydrogen) atoms. The molecule has 1 heterocycles. The van der Waals surface area contributed by atoms with E-state index in [2.05, 4.69) is 38.9 Å². The van der Waals surface area contributed by atoms with Crippen molar-refractivity contribution < 1.29 is 4.21 Å². The maximum Gasteiger partial charge on any atom is 0.1000 e. The Balaban J connectivity index is 2.72. The molecule has 1 fully saturated rings. The molecule has 0 spiro atoms. The van der Waals surface area contributed by atoms with E-state index in [4.69, 9.17) is 0 Å². The predicted molar refractivity (Wildman–Crippen MR) is 62.5 cm³/mol. The van der Waals surface area contributed by atoms with E-state index in [-0.39, 0.29) is 4.75 Å². The van der Waals surface area contributed by atoms with Crippen molar-refractivity contribution in [2.45, 2.75) is 58.2 Å². The van der Waals surface area contributed by atoms with Crippen LogP contribution in [0.2, 0.25) is 0 Å². The number of hydrogen-bond acceptors (Lipinski definition) is 1. The molecule has 0 radical (unpaired) electrons.